The van der Waals surface area contributed by atoms with Gasteiger partial charge in [0.05, 0.1) is 4.88 Å². The Balaban J connectivity index is 2.44. The van der Waals surface area contributed by atoms with Crippen LogP contribution in [0.3, 0.4) is 0 Å². The first-order valence-electron chi connectivity index (χ1n) is 10.9. The van der Waals surface area contributed by atoms with Crippen molar-refractivity contribution >= 4 is 23.0 Å². The molecule has 0 fully saturated rings. The van der Waals surface area contributed by atoms with Gasteiger partial charge in [0.25, 0.3) is 5.91 Å². The van der Waals surface area contributed by atoms with Crippen LogP contribution in [0.25, 0.3) is 0 Å². The number of nitrogens with two attached hydrogens (primary N) is 1. The van der Waals surface area contributed by atoms with Gasteiger partial charge in [0.15, 0.2) is 0 Å². The first-order valence-corrected chi connectivity index (χ1v) is 11.7. The lowest BCUT2D eigenvalue weighted by Crippen LogP contribution is -2.28. The monoisotopic (exact) mass is 427 g/mol. The molecule has 1 atom stereocenters. The summed E-state index contributed by atoms with van der Waals surface area (Å²) in [5, 5.41) is 0. The Morgan fingerprint density at radius 2 is 1.63 bits per heavy atom. The van der Waals surface area contributed by atoms with Crippen molar-refractivity contribution in [2.45, 2.75) is 80.1 Å². The van der Waals surface area contributed by atoms with Crippen molar-refractivity contribution in [3.05, 3.63) is 56.3 Å². The van der Waals surface area contributed by atoms with Gasteiger partial charge in [-0.1, -0.05) is 59.7 Å². The van der Waals surface area contributed by atoms with Crippen molar-refractivity contribution in [1.29, 1.82) is 0 Å². The van der Waals surface area contributed by atoms with Crippen LogP contribution in [0.5, 0.6) is 0 Å². The maximum absolute atomic E-state index is 12.6. The third-order valence-corrected chi connectivity index (χ3v) is 7.88. The molecule has 0 spiro atoms. The number of Topliss-reactive ketones (excluding diaryl/α,β-unsaturated/α-hetero) is 1. The molecule has 0 saturated carbocycles. The molecule has 1 unspecified atom stereocenters. The molecule has 0 bridgehead atoms. The van der Waals surface area contributed by atoms with Gasteiger partial charge in [0, 0.05) is 21.6 Å². The summed E-state index contributed by atoms with van der Waals surface area (Å²) in [7, 11) is 0. The lowest BCUT2D eigenvalue weighted by molar-refractivity contribution is -0.129. The van der Waals surface area contributed by atoms with E-state index in [2.05, 4.69) is 45.0 Å². The predicted molar refractivity (Wildman–Crippen MR) is 127 cm³/mol. The summed E-state index contributed by atoms with van der Waals surface area (Å²) in [6.45, 7) is 16.5. The minimum Gasteiger partial charge on any atom is -0.365 e. The summed E-state index contributed by atoms with van der Waals surface area (Å²) in [5.41, 5.74) is 9.79. The van der Waals surface area contributed by atoms with E-state index < -0.39 is 0 Å². The van der Waals surface area contributed by atoms with Crippen molar-refractivity contribution in [3.63, 3.8) is 0 Å². The van der Waals surface area contributed by atoms with Crippen LogP contribution in [0, 0.1) is 25.2 Å². The molecule has 2 aromatic rings. The lowest BCUT2D eigenvalue weighted by atomic mass is 9.73. The number of hydrogen-bond acceptors (Lipinski definition) is 3. The third-order valence-electron chi connectivity index (χ3n) is 6.43. The predicted octanol–water partition coefficient (Wildman–Crippen LogP) is 6.36. The van der Waals surface area contributed by atoms with Gasteiger partial charge in [0.1, 0.15) is 5.78 Å². The van der Waals surface area contributed by atoms with Crippen molar-refractivity contribution in [1.82, 2.24) is 0 Å². The van der Waals surface area contributed by atoms with Crippen LogP contribution in [0.2, 0.25) is 0 Å². The van der Waals surface area contributed by atoms with Crippen molar-refractivity contribution in [3.8, 4) is 0 Å². The maximum atomic E-state index is 12.6. The summed E-state index contributed by atoms with van der Waals surface area (Å²) in [5.74, 6) is -0.0564. The maximum Gasteiger partial charge on any atom is 0.259 e. The number of carbonyl (C=O) groups excluding carboxylic acids is 2. The van der Waals surface area contributed by atoms with Gasteiger partial charge >= 0.3 is 0 Å². The van der Waals surface area contributed by atoms with E-state index in [1.807, 2.05) is 34.6 Å². The molecule has 1 heterocycles. The highest BCUT2D eigenvalue weighted by Gasteiger charge is 2.34. The zero-order chi connectivity index (χ0) is 22.9. The van der Waals surface area contributed by atoms with Gasteiger partial charge in [-0.05, 0) is 61.4 Å². The molecule has 4 heteroatoms. The standard InChI is InChI=1S/C26H37NO2S/c1-9-26(10-2,21-15-17(4)22(30-21)24(27)29)20-12-11-19(16(3)14-20)13-18(5)23(28)25(6,7)8/h11-12,14-15,18H,9-10,13H2,1-8H3,(H2,27,29). The SMILES string of the molecule is CCC(CC)(c1ccc(CC(C)C(=O)C(C)(C)C)c(C)c1)c1cc(C)c(C(N)=O)s1. The van der Waals surface area contributed by atoms with E-state index in [1.165, 1.54) is 32.9 Å². The van der Waals surface area contributed by atoms with Gasteiger partial charge in [0.2, 0.25) is 0 Å². The highest BCUT2D eigenvalue weighted by molar-refractivity contribution is 7.14. The molecule has 2 N–H and O–H groups in total. The molecule has 164 valence electrons. The molecule has 2 rings (SSSR count). The molecule has 0 saturated heterocycles. The highest BCUT2D eigenvalue weighted by atomic mass is 32.1. The molecular formula is C26H37NO2S. The van der Waals surface area contributed by atoms with Crippen molar-refractivity contribution < 1.29 is 9.59 Å². The number of carbonyl (C=O) groups is 2. The molecule has 3 nitrogen and oxygen atoms in total. The normalized spacial score (nSPS) is 13.3. The Morgan fingerprint density at radius 3 is 2.07 bits per heavy atom. The number of benzene rings is 1. The molecule has 1 aromatic carbocycles. The second kappa shape index (κ2) is 9.05. The zero-order valence-corrected chi connectivity index (χ0v) is 20.6. The number of aryl methyl sites for hydroxylation is 2. The topological polar surface area (TPSA) is 60.2 Å². The van der Waals surface area contributed by atoms with Crippen molar-refractivity contribution in [2.24, 2.45) is 17.1 Å². The summed E-state index contributed by atoms with van der Waals surface area (Å²) < 4.78 is 0. The summed E-state index contributed by atoms with van der Waals surface area (Å²) >= 11 is 1.53. The molecule has 1 amide bonds. The molecule has 0 radical (unpaired) electrons. The Hall–Kier alpha value is -1.94. The second-order valence-corrected chi connectivity index (χ2v) is 10.7. The van der Waals surface area contributed by atoms with Crippen LogP contribution in [-0.2, 0) is 16.6 Å². The number of ketones is 1. The zero-order valence-electron chi connectivity index (χ0n) is 19.8. The summed E-state index contributed by atoms with van der Waals surface area (Å²) in [6, 6.07) is 8.80. The third kappa shape index (κ3) is 4.69. The Morgan fingerprint density at radius 1 is 1.03 bits per heavy atom. The van der Waals surface area contributed by atoms with E-state index in [1.54, 1.807) is 0 Å². The van der Waals surface area contributed by atoms with Gasteiger partial charge in [-0.15, -0.1) is 11.3 Å². The number of rotatable bonds is 8. The molecule has 0 aliphatic heterocycles. The first-order chi connectivity index (χ1) is 13.9. The van der Waals surface area contributed by atoms with Crippen LogP contribution in [0.1, 0.15) is 91.2 Å². The van der Waals surface area contributed by atoms with Gasteiger partial charge in [-0.25, -0.2) is 0 Å². The molecule has 1 aromatic heterocycles. The number of hydrogen-bond donors (Lipinski definition) is 1. The fourth-order valence-corrected chi connectivity index (χ4v) is 5.87. The van der Waals surface area contributed by atoms with Gasteiger partial charge in [-0.3, -0.25) is 9.59 Å². The largest absolute Gasteiger partial charge is 0.365 e. The Labute approximate surface area is 186 Å². The highest BCUT2D eigenvalue weighted by Crippen LogP contribution is 2.43. The van der Waals surface area contributed by atoms with Gasteiger partial charge < -0.3 is 5.73 Å². The lowest BCUT2D eigenvalue weighted by Gasteiger charge is -2.32. The number of thiophene rings is 1. The smallest absolute Gasteiger partial charge is 0.259 e. The van der Waals surface area contributed by atoms with Crippen molar-refractivity contribution in [2.75, 3.05) is 0 Å². The molecule has 30 heavy (non-hydrogen) atoms. The minimum atomic E-state index is -0.353. The van der Waals surface area contributed by atoms with E-state index in [0.717, 1.165) is 24.8 Å². The van der Waals surface area contributed by atoms with Crippen LogP contribution in [0.15, 0.2) is 24.3 Å². The average Bonchev–Trinajstić information content (AvgIpc) is 3.06. The molecule has 0 aliphatic rings. The van der Waals surface area contributed by atoms with Crippen LogP contribution >= 0.6 is 11.3 Å². The molecule has 0 aliphatic carbocycles. The number of primary amides is 1. The van der Waals surface area contributed by atoms with E-state index in [4.69, 9.17) is 5.73 Å². The van der Waals surface area contributed by atoms with Gasteiger partial charge in [-0.2, -0.15) is 0 Å². The van der Waals surface area contributed by atoms with E-state index in [0.29, 0.717) is 10.7 Å². The second-order valence-electron chi connectivity index (χ2n) is 9.64. The fourth-order valence-electron chi connectivity index (χ4n) is 4.50. The average molecular weight is 428 g/mol. The quantitative estimate of drug-likeness (QED) is 0.532. The van der Waals surface area contributed by atoms with E-state index in [-0.39, 0.29) is 22.7 Å². The fraction of sp³-hybridized carbons (Fsp3) is 0.538. The van der Waals surface area contributed by atoms with Crippen LogP contribution in [0.4, 0.5) is 0 Å². The van der Waals surface area contributed by atoms with E-state index in [9.17, 15) is 9.59 Å². The van der Waals surface area contributed by atoms with Crippen LogP contribution in [-0.4, -0.2) is 11.7 Å². The Bertz CT molecular complexity index is 929. The number of amides is 1. The first kappa shape index (κ1) is 24.3. The Kier molecular flexibility index (Phi) is 7.34. The van der Waals surface area contributed by atoms with Crippen LogP contribution < -0.4 is 5.73 Å². The minimum absolute atomic E-state index is 0.00488. The molecular weight excluding hydrogens is 390 g/mol. The summed E-state index contributed by atoms with van der Waals surface area (Å²) in [6.07, 6.45) is 2.65. The summed E-state index contributed by atoms with van der Waals surface area (Å²) in [4.78, 5) is 26.3. The van der Waals surface area contributed by atoms with E-state index >= 15 is 0 Å².